The third-order valence-corrected chi connectivity index (χ3v) is 3.82. The van der Waals surface area contributed by atoms with Crippen molar-refractivity contribution in [2.45, 2.75) is 33.2 Å². The molecule has 6 heteroatoms. The van der Waals surface area contributed by atoms with Crippen LogP contribution in [0.3, 0.4) is 0 Å². The number of nitrogens with two attached hydrogens (primary N) is 1. The highest BCUT2D eigenvalue weighted by Gasteiger charge is 2.17. The van der Waals surface area contributed by atoms with Gasteiger partial charge in [-0.15, -0.1) is 11.3 Å². The summed E-state index contributed by atoms with van der Waals surface area (Å²) in [5.41, 5.74) is 2.64. The SMILES string of the molecule is CCOCCCN=C(NN)NC(c1cccs1)C(C)C. The Balaban J connectivity index is 2.53. The number of thiophene rings is 1. The number of rotatable bonds is 8. The fourth-order valence-corrected chi connectivity index (χ4v) is 2.77. The van der Waals surface area contributed by atoms with Crippen molar-refractivity contribution >= 4 is 17.3 Å². The summed E-state index contributed by atoms with van der Waals surface area (Å²) >= 11 is 1.74. The minimum absolute atomic E-state index is 0.219. The molecule has 1 unspecified atom stereocenters. The Kier molecular flexibility index (Phi) is 8.25. The molecule has 4 N–H and O–H groups in total. The van der Waals surface area contributed by atoms with E-state index in [-0.39, 0.29) is 6.04 Å². The lowest BCUT2D eigenvalue weighted by Crippen LogP contribution is -2.44. The highest BCUT2D eigenvalue weighted by molar-refractivity contribution is 7.10. The Morgan fingerprint density at radius 2 is 2.30 bits per heavy atom. The second kappa shape index (κ2) is 9.74. The number of ether oxygens (including phenoxy) is 1. The van der Waals surface area contributed by atoms with E-state index in [4.69, 9.17) is 10.6 Å². The van der Waals surface area contributed by atoms with Crippen molar-refractivity contribution in [2.75, 3.05) is 19.8 Å². The second-order valence-electron chi connectivity index (χ2n) is 4.81. The van der Waals surface area contributed by atoms with Gasteiger partial charge in [0.25, 0.3) is 0 Å². The Morgan fingerprint density at radius 1 is 1.50 bits per heavy atom. The highest BCUT2D eigenvalue weighted by Crippen LogP contribution is 2.25. The Hall–Kier alpha value is -1.11. The molecule has 0 amide bonds. The van der Waals surface area contributed by atoms with Crippen LogP contribution in [0.1, 0.15) is 38.1 Å². The molecule has 1 heterocycles. The molecule has 0 saturated carbocycles. The van der Waals surface area contributed by atoms with E-state index in [2.05, 4.69) is 47.1 Å². The maximum atomic E-state index is 5.54. The fourth-order valence-electron chi connectivity index (χ4n) is 1.82. The predicted octanol–water partition coefficient (Wildman–Crippen LogP) is 2.28. The van der Waals surface area contributed by atoms with Crippen LogP contribution >= 0.6 is 11.3 Å². The summed E-state index contributed by atoms with van der Waals surface area (Å²) < 4.78 is 5.29. The van der Waals surface area contributed by atoms with E-state index in [0.717, 1.165) is 19.6 Å². The molecule has 1 aromatic heterocycles. The van der Waals surface area contributed by atoms with Crippen LogP contribution in [0.15, 0.2) is 22.5 Å². The van der Waals surface area contributed by atoms with Gasteiger partial charge in [0.2, 0.25) is 5.96 Å². The number of guanidine groups is 1. The molecule has 0 saturated heterocycles. The highest BCUT2D eigenvalue weighted by atomic mass is 32.1. The Labute approximate surface area is 125 Å². The zero-order chi connectivity index (χ0) is 14.8. The van der Waals surface area contributed by atoms with Gasteiger partial charge < -0.3 is 10.1 Å². The first kappa shape index (κ1) is 16.9. The third-order valence-electron chi connectivity index (χ3n) is 2.87. The van der Waals surface area contributed by atoms with E-state index in [0.29, 0.717) is 18.4 Å². The quantitative estimate of drug-likeness (QED) is 0.226. The molecule has 0 bridgehead atoms. The van der Waals surface area contributed by atoms with Gasteiger partial charge in [0.15, 0.2) is 0 Å². The summed E-state index contributed by atoms with van der Waals surface area (Å²) in [5, 5.41) is 5.46. The van der Waals surface area contributed by atoms with Crippen LogP contribution in [-0.4, -0.2) is 25.7 Å². The van der Waals surface area contributed by atoms with Crippen LogP contribution in [0.2, 0.25) is 0 Å². The number of hydrogen-bond donors (Lipinski definition) is 3. The number of hydrogen-bond acceptors (Lipinski definition) is 4. The van der Waals surface area contributed by atoms with Crippen LogP contribution in [0.25, 0.3) is 0 Å². The minimum atomic E-state index is 0.219. The van der Waals surface area contributed by atoms with Gasteiger partial charge in [0.05, 0.1) is 6.04 Å². The zero-order valence-electron chi connectivity index (χ0n) is 12.6. The topological polar surface area (TPSA) is 71.7 Å². The number of hydrazine groups is 1. The van der Waals surface area contributed by atoms with Crippen molar-refractivity contribution in [2.24, 2.45) is 16.8 Å². The van der Waals surface area contributed by atoms with Gasteiger partial charge in [-0.2, -0.15) is 0 Å². The van der Waals surface area contributed by atoms with Gasteiger partial charge in [-0.3, -0.25) is 10.4 Å². The van der Waals surface area contributed by atoms with Gasteiger partial charge in [0, 0.05) is 24.6 Å². The van der Waals surface area contributed by atoms with Crippen LogP contribution in [0.4, 0.5) is 0 Å². The van der Waals surface area contributed by atoms with Crippen molar-refractivity contribution < 1.29 is 4.74 Å². The summed E-state index contributed by atoms with van der Waals surface area (Å²) in [6.45, 7) is 8.53. The molecule has 0 fully saturated rings. The van der Waals surface area contributed by atoms with Crippen LogP contribution < -0.4 is 16.6 Å². The molecule has 114 valence electrons. The predicted molar refractivity (Wildman–Crippen MR) is 85.8 cm³/mol. The summed E-state index contributed by atoms with van der Waals surface area (Å²) in [5.74, 6) is 6.63. The summed E-state index contributed by atoms with van der Waals surface area (Å²) in [6.07, 6.45) is 0.895. The van der Waals surface area contributed by atoms with E-state index in [9.17, 15) is 0 Å². The maximum absolute atomic E-state index is 5.54. The lowest BCUT2D eigenvalue weighted by Gasteiger charge is -2.23. The Bertz CT molecular complexity index is 379. The zero-order valence-corrected chi connectivity index (χ0v) is 13.4. The Morgan fingerprint density at radius 3 is 2.85 bits per heavy atom. The van der Waals surface area contributed by atoms with Crippen molar-refractivity contribution in [1.82, 2.24) is 10.7 Å². The van der Waals surface area contributed by atoms with Crippen molar-refractivity contribution in [1.29, 1.82) is 0 Å². The maximum Gasteiger partial charge on any atom is 0.206 e. The smallest absolute Gasteiger partial charge is 0.206 e. The van der Waals surface area contributed by atoms with Gasteiger partial charge in [0.1, 0.15) is 0 Å². The molecule has 0 aliphatic heterocycles. The lowest BCUT2D eigenvalue weighted by molar-refractivity contribution is 0.146. The molecule has 0 spiro atoms. The van der Waals surface area contributed by atoms with Crippen LogP contribution in [0, 0.1) is 5.92 Å². The molecule has 1 atom stereocenters. The number of nitrogens with one attached hydrogen (secondary N) is 2. The number of nitrogens with zero attached hydrogens (tertiary/aromatic N) is 1. The molecular weight excluding hydrogens is 272 g/mol. The molecule has 1 rings (SSSR count). The van der Waals surface area contributed by atoms with E-state index >= 15 is 0 Å². The minimum Gasteiger partial charge on any atom is -0.382 e. The molecule has 0 aliphatic carbocycles. The molecule has 20 heavy (non-hydrogen) atoms. The first-order valence-corrected chi connectivity index (χ1v) is 7.95. The standard InChI is InChI=1S/C14H26N4OS/c1-4-19-9-6-8-16-14(18-15)17-13(11(2)3)12-7-5-10-20-12/h5,7,10-11,13H,4,6,8-9,15H2,1-3H3,(H2,16,17,18). The molecule has 5 nitrogen and oxygen atoms in total. The van der Waals surface area contributed by atoms with Gasteiger partial charge in [-0.05, 0) is 30.7 Å². The summed E-state index contributed by atoms with van der Waals surface area (Å²) in [7, 11) is 0. The second-order valence-corrected chi connectivity index (χ2v) is 5.79. The lowest BCUT2D eigenvalue weighted by atomic mass is 10.0. The van der Waals surface area contributed by atoms with Gasteiger partial charge in [-0.1, -0.05) is 19.9 Å². The normalized spacial score (nSPS) is 13.6. The van der Waals surface area contributed by atoms with E-state index < -0.39 is 0 Å². The molecule has 0 radical (unpaired) electrons. The first-order chi connectivity index (χ1) is 9.69. The van der Waals surface area contributed by atoms with Crippen LogP contribution in [0.5, 0.6) is 0 Å². The largest absolute Gasteiger partial charge is 0.382 e. The number of aliphatic imine (C=N–C) groups is 1. The first-order valence-electron chi connectivity index (χ1n) is 7.07. The van der Waals surface area contributed by atoms with Crippen LogP contribution in [-0.2, 0) is 4.74 Å². The van der Waals surface area contributed by atoms with E-state index in [1.54, 1.807) is 11.3 Å². The average Bonchev–Trinajstić information content (AvgIpc) is 2.95. The molecular formula is C14H26N4OS. The molecule has 1 aromatic rings. The van der Waals surface area contributed by atoms with Crippen molar-refractivity contribution in [3.05, 3.63) is 22.4 Å². The summed E-state index contributed by atoms with van der Waals surface area (Å²) in [4.78, 5) is 5.73. The van der Waals surface area contributed by atoms with E-state index in [1.807, 2.05) is 6.92 Å². The van der Waals surface area contributed by atoms with E-state index in [1.165, 1.54) is 4.88 Å². The average molecular weight is 298 g/mol. The third kappa shape index (κ3) is 5.90. The monoisotopic (exact) mass is 298 g/mol. The fraction of sp³-hybridized carbons (Fsp3) is 0.643. The van der Waals surface area contributed by atoms with Gasteiger partial charge >= 0.3 is 0 Å². The molecule has 0 aliphatic rings. The van der Waals surface area contributed by atoms with Crippen molar-refractivity contribution in [3.8, 4) is 0 Å². The van der Waals surface area contributed by atoms with Gasteiger partial charge in [-0.25, -0.2) is 5.84 Å². The summed E-state index contributed by atoms with van der Waals surface area (Å²) in [6, 6.07) is 4.41. The molecule has 0 aromatic carbocycles. The van der Waals surface area contributed by atoms with Crippen molar-refractivity contribution in [3.63, 3.8) is 0 Å².